The van der Waals surface area contributed by atoms with Crippen molar-refractivity contribution in [2.24, 2.45) is 0 Å². The van der Waals surface area contributed by atoms with Gasteiger partial charge in [-0.3, -0.25) is 9.52 Å². The smallest absolute Gasteiger partial charge is 0.262 e. The molecule has 0 aliphatic heterocycles. The average Bonchev–Trinajstić information content (AvgIpc) is 2.74. The van der Waals surface area contributed by atoms with E-state index in [0.717, 1.165) is 0 Å². The lowest BCUT2D eigenvalue weighted by molar-refractivity contribution is -0.118. The van der Waals surface area contributed by atoms with Crippen LogP contribution < -0.4 is 19.5 Å². The van der Waals surface area contributed by atoms with Crippen molar-refractivity contribution in [3.8, 4) is 11.5 Å². The Bertz CT molecular complexity index is 1110. The first-order chi connectivity index (χ1) is 14.4. The third kappa shape index (κ3) is 5.51. The maximum absolute atomic E-state index is 12.6. The molecule has 0 radical (unpaired) electrons. The number of para-hydroxylation sites is 1. The fraction of sp³-hybridized carbons (Fsp3) is 0.136. The molecule has 8 heteroatoms. The van der Waals surface area contributed by atoms with Crippen LogP contribution in [0.15, 0.2) is 77.7 Å². The summed E-state index contributed by atoms with van der Waals surface area (Å²) in [4.78, 5) is 12.1. The maximum atomic E-state index is 12.6. The summed E-state index contributed by atoms with van der Waals surface area (Å²) in [7, 11) is -2.23. The standard InChI is InChI=1S/C22H22N2O5S/c1-16-14-20(30(26,27)24-18-8-10-19(28-2)11-9-18)12-13-21(16)29-15-22(25)23-17-6-4-3-5-7-17/h3-14,24H,15H2,1-2H3,(H,23,25). The zero-order valence-electron chi connectivity index (χ0n) is 16.6. The lowest BCUT2D eigenvalue weighted by Gasteiger charge is -2.12. The van der Waals surface area contributed by atoms with Crippen molar-refractivity contribution >= 4 is 27.3 Å². The number of rotatable bonds is 8. The van der Waals surface area contributed by atoms with Crippen LogP contribution >= 0.6 is 0 Å². The first-order valence-corrected chi connectivity index (χ1v) is 10.6. The molecule has 0 saturated carbocycles. The highest BCUT2D eigenvalue weighted by Gasteiger charge is 2.16. The Hall–Kier alpha value is -3.52. The first-order valence-electron chi connectivity index (χ1n) is 9.12. The molecule has 3 aromatic carbocycles. The summed E-state index contributed by atoms with van der Waals surface area (Å²) in [6.45, 7) is 1.53. The molecule has 2 N–H and O–H groups in total. The van der Waals surface area contributed by atoms with E-state index in [9.17, 15) is 13.2 Å². The molecule has 1 amide bonds. The highest BCUT2D eigenvalue weighted by atomic mass is 32.2. The quantitative estimate of drug-likeness (QED) is 0.571. The minimum atomic E-state index is -3.77. The summed E-state index contributed by atoms with van der Waals surface area (Å²) in [5.74, 6) is 0.756. The molecule has 156 valence electrons. The lowest BCUT2D eigenvalue weighted by Crippen LogP contribution is -2.20. The number of hydrogen-bond acceptors (Lipinski definition) is 5. The van der Waals surface area contributed by atoms with Gasteiger partial charge in [0.1, 0.15) is 11.5 Å². The molecule has 0 aliphatic rings. The van der Waals surface area contributed by atoms with Gasteiger partial charge < -0.3 is 14.8 Å². The van der Waals surface area contributed by atoms with Crippen LogP contribution in [0.3, 0.4) is 0 Å². The number of carbonyl (C=O) groups excluding carboxylic acids is 1. The Kier molecular flexibility index (Phi) is 6.58. The van der Waals surface area contributed by atoms with Gasteiger partial charge in [-0.2, -0.15) is 0 Å². The number of carbonyl (C=O) groups is 1. The lowest BCUT2D eigenvalue weighted by atomic mass is 10.2. The van der Waals surface area contributed by atoms with Crippen molar-refractivity contribution in [3.63, 3.8) is 0 Å². The number of anilines is 2. The van der Waals surface area contributed by atoms with E-state index in [4.69, 9.17) is 9.47 Å². The highest BCUT2D eigenvalue weighted by Crippen LogP contribution is 2.24. The second-order valence-electron chi connectivity index (χ2n) is 6.46. The summed E-state index contributed by atoms with van der Waals surface area (Å²) in [5.41, 5.74) is 1.69. The molecule has 0 unspecified atom stereocenters. The van der Waals surface area contributed by atoms with Crippen molar-refractivity contribution in [3.05, 3.63) is 78.4 Å². The van der Waals surface area contributed by atoms with Crippen molar-refractivity contribution in [2.75, 3.05) is 23.8 Å². The van der Waals surface area contributed by atoms with E-state index in [2.05, 4.69) is 10.0 Å². The number of nitrogens with one attached hydrogen (secondary N) is 2. The molecule has 0 atom stereocenters. The van der Waals surface area contributed by atoms with E-state index in [1.807, 2.05) is 18.2 Å². The minimum Gasteiger partial charge on any atom is -0.497 e. The number of sulfonamides is 1. The number of hydrogen-bond donors (Lipinski definition) is 2. The summed E-state index contributed by atoms with van der Waals surface area (Å²) in [6.07, 6.45) is 0. The van der Waals surface area contributed by atoms with E-state index in [0.29, 0.717) is 28.4 Å². The largest absolute Gasteiger partial charge is 0.497 e. The van der Waals surface area contributed by atoms with Crippen molar-refractivity contribution in [2.45, 2.75) is 11.8 Å². The first kappa shape index (κ1) is 21.2. The van der Waals surface area contributed by atoms with E-state index < -0.39 is 10.0 Å². The summed E-state index contributed by atoms with van der Waals surface area (Å²) >= 11 is 0. The van der Waals surface area contributed by atoms with Crippen molar-refractivity contribution in [1.82, 2.24) is 0 Å². The van der Waals surface area contributed by atoms with Crippen LogP contribution in [0, 0.1) is 6.92 Å². The van der Waals surface area contributed by atoms with E-state index in [-0.39, 0.29) is 17.4 Å². The Morgan fingerprint density at radius 1 is 0.933 bits per heavy atom. The van der Waals surface area contributed by atoms with Gasteiger partial charge >= 0.3 is 0 Å². The van der Waals surface area contributed by atoms with E-state index >= 15 is 0 Å². The topological polar surface area (TPSA) is 93.7 Å². The molecule has 30 heavy (non-hydrogen) atoms. The molecule has 0 aliphatic carbocycles. The van der Waals surface area contributed by atoms with Gasteiger partial charge in [-0.05, 0) is 67.1 Å². The molecule has 0 saturated heterocycles. The summed E-state index contributed by atoms with van der Waals surface area (Å²) < 4.78 is 38.4. The predicted molar refractivity (Wildman–Crippen MR) is 116 cm³/mol. The minimum absolute atomic E-state index is 0.0944. The molecule has 0 fully saturated rings. The number of benzene rings is 3. The van der Waals surface area contributed by atoms with Crippen molar-refractivity contribution < 1.29 is 22.7 Å². The highest BCUT2D eigenvalue weighted by molar-refractivity contribution is 7.92. The van der Waals surface area contributed by atoms with Crippen LogP contribution in [0.5, 0.6) is 11.5 Å². The van der Waals surface area contributed by atoms with Gasteiger partial charge in [-0.15, -0.1) is 0 Å². The number of aryl methyl sites for hydroxylation is 1. The Morgan fingerprint density at radius 3 is 2.27 bits per heavy atom. The SMILES string of the molecule is COc1ccc(NS(=O)(=O)c2ccc(OCC(=O)Nc3ccccc3)c(C)c2)cc1. The van der Waals surface area contributed by atoms with Gasteiger partial charge in [0, 0.05) is 11.4 Å². The third-order valence-corrected chi connectivity index (χ3v) is 5.59. The van der Waals surface area contributed by atoms with Crippen LogP contribution in [0.2, 0.25) is 0 Å². The van der Waals surface area contributed by atoms with Crippen LogP contribution in [-0.2, 0) is 14.8 Å². The van der Waals surface area contributed by atoms with Crippen LogP contribution in [0.25, 0.3) is 0 Å². The van der Waals surface area contributed by atoms with Crippen LogP contribution in [-0.4, -0.2) is 28.0 Å². The summed E-state index contributed by atoms with van der Waals surface area (Å²) in [6, 6.07) is 20.1. The molecule has 0 bridgehead atoms. The third-order valence-electron chi connectivity index (χ3n) is 4.22. The fourth-order valence-electron chi connectivity index (χ4n) is 2.69. The molecule has 3 rings (SSSR count). The summed E-state index contributed by atoms with van der Waals surface area (Å²) in [5, 5.41) is 2.72. The monoisotopic (exact) mass is 426 g/mol. The van der Waals surface area contributed by atoms with Crippen LogP contribution in [0.1, 0.15) is 5.56 Å². The Morgan fingerprint density at radius 2 is 1.63 bits per heavy atom. The zero-order valence-corrected chi connectivity index (χ0v) is 17.4. The molecule has 0 heterocycles. The second-order valence-corrected chi connectivity index (χ2v) is 8.15. The Labute approximate surface area is 175 Å². The second kappa shape index (κ2) is 9.32. The molecule has 0 spiro atoms. The normalized spacial score (nSPS) is 10.9. The average molecular weight is 426 g/mol. The predicted octanol–water partition coefficient (Wildman–Crippen LogP) is 3.82. The molecule has 0 aromatic heterocycles. The molecular weight excluding hydrogens is 404 g/mol. The zero-order chi connectivity index (χ0) is 21.6. The maximum Gasteiger partial charge on any atom is 0.262 e. The number of ether oxygens (including phenoxy) is 2. The van der Waals surface area contributed by atoms with Gasteiger partial charge in [0.25, 0.3) is 15.9 Å². The fourth-order valence-corrected chi connectivity index (χ4v) is 3.83. The van der Waals surface area contributed by atoms with Gasteiger partial charge in [0.2, 0.25) is 0 Å². The van der Waals surface area contributed by atoms with Crippen molar-refractivity contribution in [1.29, 1.82) is 0 Å². The Balaban J connectivity index is 1.64. The van der Waals surface area contributed by atoms with Gasteiger partial charge in [-0.25, -0.2) is 8.42 Å². The van der Waals surface area contributed by atoms with E-state index in [1.54, 1.807) is 43.3 Å². The number of methoxy groups -OCH3 is 1. The van der Waals surface area contributed by atoms with Crippen LogP contribution in [0.4, 0.5) is 11.4 Å². The van der Waals surface area contributed by atoms with Gasteiger partial charge in [0.15, 0.2) is 6.61 Å². The molecule has 7 nitrogen and oxygen atoms in total. The molecule has 3 aromatic rings. The van der Waals surface area contributed by atoms with Gasteiger partial charge in [0.05, 0.1) is 12.0 Å². The van der Waals surface area contributed by atoms with Gasteiger partial charge in [-0.1, -0.05) is 18.2 Å². The molecular formula is C22H22N2O5S. The number of amides is 1. The van der Waals surface area contributed by atoms with E-state index in [1.165, 1.54) is 25.3 Å².